The van der Waals surface area contributed by atoms with Crippen molar-refractivity contribution in [1.29, 1.82) is 0 Å². The van der Waals surface area contributed by atoms with Crippen LogP contribution in [0.4, 0.5) is 11.6 Å². The number of nitrogens with two attached hydrogens (primary N) is 1. The first-order valence-electron chi connectivity index (χ1n) is 7.40. The molecule has 0 radical (unpaired) electrons. The van der Waals surface area contributed by atoms with E-state index in [9.17, 15) is 4.79 Å². The maximum atomic E-state index is 12.1. The van der Waals surface area contributed by atoms with Crippen molar-refractivity contribution < 1.29 is 4.79 Å². The van der Waals surface area contributed by atoms with E-state index >= 15 is 0 Å². The van der Waals surface area contributed by atoms with Crippen LogP contribution in [0.3, 0.4) is 0 Å². The zero-order valence-electron chi connectivity index (χ0n) is 13.4. The summed E-state index contributed by atoms with van der Waals surface area (Å²) in [5, 5.41) is 1.43. The number of hydrogen-bond donors (Lipinski definition) is 2. The van der Waals surface area contributed by atoms with E-state index in [2.05, 4.69) is 25.4 Å². The van der Waals surface area contributed by atoms with E-state index in [-0.39, 0.29) is 24.2 Å². The van der Waals surface area contributed by atoms with Crippen molar-refractivity contribution in [2.75, 3.05) is 5.01 Å². The maximum Gasteiger partial charge on any atom is 0.253 e. The smallest absolute Gasteiger partial charge is 0.253 e. The Kier molecular flexibility index (Phi) is 4.19. The van der Waals surface area contributed by atoms with Crippen LogP contribution in [0.2, 0.25) is 0 Å². The molecule has 1 aromatic heterocycles. The highest BCUT2D eigenvalue weighted by molar-refractivity contribution is 6.16. The number of carbonyl (C=O) groups excluding carboxylic acids is 1. The number of amides is 1. The van der Waals surface area contributed by atoms with Gasteiger partial charge < -0.3 is 5.73 Å². The van der Waals surface area contributed by atoms with Crippen molar-refractivity contribution in [3.63, 3.8) is 0 Å². The van der Waals surface area contributed by atoms with Gasteiger partial charge in [-0.15, -0.1) is 0 Å². The number of benzene rings is 1. The predicted octanol–water partition coefficient (Wildman–Crippen LogP) is 1.38. The van der Waals surface area contributed by atoms with Crippen LogP contribution < -0.4 is 16.2 Å². The lowest BCUT2D eigenvalue weighted by Gasteiger charge is -2.15. The fraction of sp³-hybridized carbons (Fsp3) is 0.188. The summed E-state index contributed by atoms with van der Waals surface area (Å²) in [6.45, 7) is 3.70. The van der Waals surface area contributed by atoms with Crippen LogP contribution in [0.1, 0.15) is 17.8 Å². The first-order valence-corrected chi connectivity index (χ1v) is 7.40. The third-order valence-electron chi connectivity index (χ3n) is 3.26. The lowest BCUT2D eigenvalue weighted by molar-refractivity contribution is -0.116. The number of aryl methyl sites for hydroxylation is 2. The molecule has 1 amide bonds. The van der Waals surface area contributed by atoms with Crippen LogP contribution in [-0.4, -0.2) is 27.7 Å². The number of hydrazine groups is 1. The summed E-state index contributed by atoms with van der Waals surface area (Å²) in [7, 11) is 0. The van der Waals surface area contributed by atoms with E-state index in [0.29, 0.717) is 5.84 Å². The third-order valence-corrected chi connectivity index (χ3v) is 3.26. The zero-order valence-corrected chi connectivity index (χ0v) is 13.4. The van der Waals surface area contributed by atoms with Gasteiger partial charge >= 0.3 is 0 Å². The quantitative estimate of drug-likeness (QED) is 0.641. The van der Waals surface area contributed by atoms with Gasteiger partial charge in [-0.3, -0.25) is 10.2 Å². The second-order valence-electron chi connectivity index (χ2n) is 5.33. The van der Waals surface area contributed by atoms with E-state index in [1.807, 2.05) is 50.2 Å². The Morgan fingerprint density at radius 2 is 1.88 bits per heavy atom. The number of anilines is 1. The monoisotopic (exact) mass is 323 g/mol. The second-order valence-corrected chi connectivity index (χ2v) is 5.33. The molecule has 1 fully saturated rings. The van der Waals surface area contributed by atoms with Crippen molar-refractivity contribution >= 4 is 29.3 Å². The lowest BCUT2D eigenvalue weighted by Crippen LogP contribution is -2.36. The number of carbonyl (C=O) groups is 1. The summed E-state index contributed by atoms with van der Waals surface area (Å²) in [6, 6.07) is 11.1. The molecule has 8 nitrogen and oxygen atoms in total. The zero-order chi connectivity index (χ0) is 17.1. The van der Waals surface area contributed by atoms with E-state index < -0.39 is 0 Å². The highest BCUT2D eigenvalue weighted by atomic mass is 16.2. The fourth-order valence-corrected chi connectivity index (χ4v) is 2.33. The van der Waals surface area contributed by atoms with Crippen molar-refractivity contribution in [3.8, 4) is 0 Å². The Morgan fingerprint density at radius 1 is 1.21 bits per heavy atom. The van der Waals surface area contributed by atoms with Crippen LogP contribution >= 0.6 is 0 Å². The molecule has 0 bridgehead atoms. The van der Waals surface area contributed by atoms with Crippen LogP contribution in [0.25, 0.3) is 0 Å². The number of nitrogens with one attached hydrogen (secondary N) is 1. The minimum absolute atomic E-state index is 0.00906. The van der Waals surface area contributed by atoms with Gasteiger partial charge in [-0.2, -0.15) is 9.98 Å². The predicted molar refractivity (Wildman–Crippen MR) is 91.9 cm³/mol. The molecule has 0 spiro atoms. The second kappa shape index (κ2) is 6.45. The number of hydrogen-bond acceptors (Lipinski definition) is 4. The van der Waals surface area contributed by atoms with Gasteiger partial charge in [0.05, 0.1) is 12.1 Å². The molecule has 1 saturated heterocycles. The molecule has 1 aliphatic rings. The SMILES string of the molecule is Cc1cc(C)nc(/N=C(\N)N=C2CC(=O)N(c3ccccc3)N2)n1. The molecule has 2 heterocycles. The Bertz CT molecular complexity index is 809. The molecule has 24 heavy (non-hydrogen) atoms. The van der Waals surface area contributed by atoms with Gasteiger partial charge in [0.2, 0.25) is 5.96 Å². The first kappa shape index (κ1) is 15.6. The van der Waals surface area contributed by atoms with Crippen molar-refractivity contribution in [1.82, 2.24) is 15.4 Å². The van der Waals surface area contributed by atoms with E-state index in [0.717, 1.165) is 17.1 Å². The molecule has 8 heteroatoms. The van der Waals surface area contributed by atoms with Crippen molar-refractivity contribution in [3.05, 3.63) is 47.8 Å². The Hall–Kier alpha value is -3.29. The number of rotatable bonds is 2. The number of guanidine groups is 1. The molecular formula is C16H17N7O. The van der Waals surface area contributed by atoms with E-state index in [1.165, 1.54) is 5.01 Å². The summed E-state index contributed by atoms with van der Waals surface area (Å²) in [5.41, 5.74) is 11.1. The molecule has 1 aromatic carbocycles. The van der Waals surface area contributed by atoms with Gasteiger partial charge in [0.25, 0.3) is 11.9 Å². The summed E-state index contributed by atoms with van der Waals surface area (Å²) in [4.78, 5) is 28.7. The van der Waals surface area contributed by atoms with E-state index in [1.54, 1.807) is 0 Å². The molecule has 0 saturated carbocycles. The first-order chi connectivity index (χ1) is 11.5. The molecule has 0 atom stereocenters. The molecule has 122 valence electrons. The van der Waals surface area contributed by atoms with Crippen molar-refractivity contribution in [2.24, 2.45) is 15.7 Å². The van der Waals surface area contributed by atoms with Gasteiger partial charge in [0.15, 0.2) is 0 Å². The van der Waals surface area contributed by atoms with Gasteiger partial charge in [-0.1, -0.05) is 18.2 Å². The fourth-order valence-electron chi connectivity index (χ4n) is 2.33. The van der Waals surface area contributed by atoms with Crippen LogP contribution in [-0.2, 0) is 4.79 Å². The highest BCUT2D eigenvalue weighted by Gasteiger charge is 2.26. The van der Waals surface area contributed by atoms with Gasteiger partial charge in [-0.05, 0) is 32.0 Å². The molecule has 3 N–H and O–H groups in total. The lowest BCUT2D eigenvalue weighted by atomic mass is 10.3. The minimum Gasteiger partial charge on any atom is -0.368 e. The van der Waals surface area contributed by atoms with Crippen LogP contribution in [0.15, 0.2) is 46.4 Å². The summed E-state index contributed by atoms with van der Waals surface area (Å²) >= 11 is 0. The molecule has 3 rings (SSSR count). The Morgan fingerprint density at radius 3 is 2.54 bits per heavy atom. The van der Waals surface area contributed by atoms with Gasteiger partial charge in [-0.25, -0.2) is 15.0 Å². The molecular weight excluding hydrogens is 306 g/mol. The molecule has 2 aromatic rings. The average molecular weight is 323 g/mol. The van der Waals surface area contributed by atoms with Gasteiger partial charge in [0, 0.05) is 11.4 Å². The largest absolute Gasteiger partial charge is 0.368 e. The van der Waals surface area contributed by atoms with Crippen LogP contribution in [0, 0.1) is 13.8 Å². The summed E-state index contributed by atoms with van der Waals surface area (Å²) in [6.07, 6.45) is 0.124. The summed E-state index contributed by atoms with van der Waals surface area (Å²) in [5.74, 6) is 0.550. The number of aromatic nitrogens is 2. The third kappa shape index (κ3) is 3.54. The van der Waals surface area contributed by atoms with Crippen molar-refractivity contribution in [2.45, 2.75) is 20.3 Å². The number of aliphatic imine (C=N–C) groups is 2. The highest BCUT2D eigenvalue weighted by Crippen LogP contribution is 2.16. The molecule has 0 unspecified atom stereocenters. The van der Waals surface area contributed by atoms with Gasteiger partial charge in [0.1, 0.15) is 5.84 Å². The standard InChI is InChI=1S/C16H17N7O/c1-10-8-11(2)19-16(18-10)21-15(17)20-13-9-14(24)23(22-13)12-6-4-3-5-7-12/h3-8H,9H2,1-2H3,(H3,17,18,19,20,21,22). The van der Waals surface area contributed by atoms with E-state index in [4.69, 9.17) is 5.73 Å². The topological polar surface area (TPSA) is 109 Å². The number of amidine groups is 1. The van der Waals surface area contributed by atoms with Crippen LogP contribution in [0.5, 0.6) is 0 Å². The number of nitrogens with zero attached hydrogens (tertiary/aromatic N) is 5. The summed E-state index contributed by atoms with van der Waals surface area (Å²) < 4.78 is 0. The number of para-hydroxylation sites is 1. The minimum atomic E-state index is -0.115. The normalized spacial score (nSPS) is 16.6. The Labute approximate surface area is 139 Å². The Balaban J connectivity index is 1.79. The maximum absolute atomic E-state index is 12.1. The average Bonchev–Trinajstić information content (AvgIpc) is 2.87. The molecule has 1 aliphatic heterocycles. The molecule has 0 aliphatic carbocycles.